The third kappa shape index (κ3) is 5.90. The van der Waals surface area contributed by atoms with Crippen LogP contribution in [0.15, 0.2) is 0 Å². The lowest BCUT2D eigenvalue weighted by Gasteiger charge is -2.45. The molecule has 0 aromatic rings. The maximum Gasteiger partial charge on any atom is 0.0785 e. The minimum atomic E-state index is 0.0480. The highest BCUT2D eigenvalue weighted by molar-refractivity contribution is 4.92. The molecule has 21 heavy (non-hydrogen) atoms. The number of morpholine rings is 1. The van der Waals surface area contributed by atoms with Gasteiger partial charge < -0.3 is 10.1 Å². The van der Waals surface area contributed by atoms with Crippen LogP contribution in [0.3, 0.4) is 0 Å². The molecule has 1 heterocycles. The quantitative estimate of drug-likeness (QED) is 0.768. The molecular formula is C19H37NO. The zero-order valence-corrected chi connectivity index (χ0v) is 14.6. The molecule has 2 heteroatoms. The SMILES string of the molecule is CC(C)CC1(C)CNC2CCCCCCCCCCC2O1. The average molecular weight is 296 g/mol. The van der Waals surface area contributed by atoms with Gasteiger partial charge in [-0.15, -0.1) is 0 Å². The zero-order chi connectivity index (χ0) is 15.1. The molecule has 0 radical (unpaired) electrons. The molecule has 0 bridgehead atoms. The van der Waals surface area contributed by atoms with Gasteiger partial charge in [-0.2, -0.15) is 0 Å². The van der Waals surface area contributed by atoms with Crippen molar-refractivity contribution in [2.75, 3.05) is 6.54 Å². The molecule has 3 atom stereocenters. The van der Waals surface area contributed by atoms with Crippen molar-refractivity contribution < 1.29 is 4.74 Å². The molecule has 2 nitrogen and oxygen atoms in total. The zero-order valence-electron chi connectivity index (χ0n) is 14.6. The van der Waals surface area contributed by atoms with Crippen LogP contribution in [0.1, 0.15) is 91.4 Å². The average Bonchev–Trinajstić information content (AvgIpc) is 2.39. The van der Waals surface area contributed by atoms with E-state index in [1.807, 2.05) is 0 Å². The summed E-state index contributed by atoms with van der Waals surface area (Å²) < 4.78 is 6.63. The third-order valence-electron chi connectivity index (χ3n) is 5.22. The molecule has 1 N–H and O–H groups in total. The summed E-state index contributed by atoms with van der Waals surface area (Å²) in [5.41, 5.74) is 0.0480. The lowest BCUT2D eigenvalue weighted by Crippen LogP contribution is -2.58. The van der Waals surface area contributed by atoms with Crippen molar-refractivity contribution in [2.24, 2.45) is 5.92 Å². The molecule has 1 saturated carbocycles. The summed E-state index contributed by atoms with van der Waals surface area (Å²) in [5, 5.41) is 3.84. The number of nitrogens with one attached hydrogen (secondary N) is 1. The minimum absolute atomic E-state index is 0.0480. The van der Waals surface area contributed by atoms with Crippen molar-refractivity contribution in [3.8, 4) is 0 Å². The van der Waals surface area contributed by atoms with Gasteiger partial charge in [0.1, 0.15) is 0 Å². The van der Waals surface area contributed by atoms with E-state index in [4.69, 9.17) is 4.74 Å². The van der Waals surface area contributed by atoms with Crippen LogP contribution in [0.4, 0.5) is 0 Å². The molecule has 2 rings (SSSR count). The van der Waals surface area contributed by atoms with Gasteiger partial charge in [0, 0.05) is 12.6 Å². The van der Waals surface area contributed by atoms with Gasteiger partial charge in [0.15, 0.2) is 0 Å². The van der Waals surface area contributed by atoms with Crippen LogP contribution in [-0.2, 0) is 4.74 Å². The van der Waals surface area contributed by atoms with E-state index in [1.54, 1.807) is 0 Å². The van der Waals surface area contributed by atoms with Crippen LogP contribution in [0.5, 0.6) is 0 Å². The Morgan fingerprint density at radius 1 is 0.952 bits per heavy atom. The van der Waals surface area contributed by atoms with Gasteiger partial charge in [0.05, 0.1) is 11.7 Å². The Bertz CT molecular complexity index is 291. The fourth-order valence-electron chi connectivity index (χ4n) is 4.27. The number of fused-ring (bicyclic) bond motifs is 1. The Balaban J connectivity index is 1.92. The van der Waals surface area contributed by atoms with E-state index in [2.05, 4.69) is 26.1 Å². The molecule has 0 amide bonds. The maximum absolute atomic E-state index is 6.63. The van der Waals surface area contributed by atoms with Crippen molar-refractivity contribution in [3.63, 3.8) is 0 Å². The highest BCUT2D eigenvalue weighted by Gasteiger charge is 2.37. The Labute approximate surface area is 132 Å². The fraction of sp³-hybridized carbons (Fsp3) is 1.00. The lowest BCUT2D eigenvalue weighted by molar-refractivity contribution is -0.138. The number of rotatable bonds is 2. The standard InChI is InChI=1S/C19H37NO/c1-16(2)14-19(3)15-20-17-12-10-8-6-4-5-7-9-11-13-18(17)21-19/h16-18,20H,4-15H2,1-3H3. The topological polar surface area (TPSA) is 21.3 Å². The van der Waals surface area contributed by atoms with Crippen LogP contribution in [-0.4, -0.2) is 24.3 Å². The monoisotopic (exact) mass is 295 g/mol. The van der Waals surface area contributed by atoms with Gasteiger partial charge in [-0.3, -0.25) is 0 Å². The number of hydrogen-bond acceptors (Lipinski definition) is 2. The molecule has 3 unspecified atom stereocenters. The largest absolute Gasteiger partial charge is 0.369 e. The van der Waals surface area contributed by atoms with Gasteiger partial charge in [-0.1, -0.05) is 65.2 Å². The van der Waals surface area contributed by atoms with E-state index in [9.17, 15) is 0 Å². The second-order valence-electron chi connectivity index (χ2n) is 8.10. The maximum atomic E-state index is 6.63. The van der Waals surface area contributed by atoms with Crippen LogP contribution in [0.25, 0.3) is 0 Å². The van der Waals surface area contributed by atoms with Gasteiger partial charge in [0.25, 0.3) is 0 Å². The summed E-state index contributed by atoms with van der Waals surface area (Å²) >= 11 is 0. The Morgan fingerprint density at radius 3 is 2.14 bits per heavy atom. The van der Waals surface area contributed by atoms with E-state index in [0.29, 0.717) is 18.1 Å². The van der Waals surface area contributed by atoms with Crippen molar-refractivity contribution in [3.05, 3.63) is 0 Å². The van der Waals surface area contributed by atoms with Crippen LogP contribution >= 0.6 is 0 Å². The van der Waals surface area contributed by atoms with Crippen molar-refractivity contribution >= 4 is 0 Å². The first kappa shape index (κ1) is 17.3. The van der Waals surface area contributed by atoms with Crippen LogP contribution in [0, 0.1) is 5.92 Å². The minimum Gasteiger partial charge on any atom is -0.369 e. The van der Waals surface area contributed by atoms with Crippen LogP contribution < -0.4 is 5.32 Å². The molecule has 2 aliphatic rings. The molecule has 1 aliphatic heterocycles. The second kappa shape index (κ2) is 8.53. The second-order valence-corrected chi connectivity index (χ2v) is 8.10. The predicted octanol–water partition coefficient (Wildman–Crippen LogP) is 5.06. The third-order valence-corrected chi connectivity index (χ3v) is 5.22. The first-order valence-corrected chi connectivity index (χ1v) is 9.50. The molecule has 0 aromatic carbocycles. The summed E-state index contributed by atoms with van der Waals surface area (Å²) in [6.07, 6.45) is 15.5. The highest BCUT2D eigenvalue weighted by atomic mass is 16.5. The molecule has 0 aromatic heterocycles. The Hall–Kier alpha value is -0.0800. The highest BCUT2D eigenvalue weighted by Crippen LogP contribution is 2.31. The molecule has 0 spiro atoms. The number of ether oxygens (including phenoxy) is 1. The van der Waals surface area contributed by atoms with Gasteiger partial charge in [-0.25, -0.2) is 0 Å². The van der Waals surface area contributed by atoms with E-state index >= 15 is 0 Å². The van der Waals surface area contributed by atoms with Crippen molar-refractivity contribution in [1.82, 2.24) is 5.32 Å². The van der Waals surface area contributed by atoms with Crippen molar-refractivity contribution in [1.29, 1.82) is 0 Å². The van der Waals surface area contributed by atoms with Crippen molar-refractivity contribution in [2.45, 2.75) is 109 Å². The molecule has 1 saturated heterocycles. The fourth-order valence-corrected chi connectivity index (χ4v) is 4.27. The van der Waals surface area contributed by atoms with Crippen LogP contribution in [0.2, 0.25) is 0 Å². The normalized spacial score (nSPS) is 36.6. The summed E-state index contributed by atoms with van der Waals surface area (Å²) in [4.78, 5) is 0. The molecule has 2 fully saturated rings. The summed E-state index contributed by atoms with van der Waals surface area (Å²) in [5.74, 6) is 0.708. The van der Waals surface area contributed by atoms with Gasteiger partial charge >= 0.3 is 0 Å². The predicted molar refractivity (Wildman–Crippen MR) is 90.7 cm³/mol. The van der Waals surface area contributed by atoms with E-state index in [0.717, 1.165) is 6.54 Å². The first-order valence-electron chi connectivity index (χ1n) is 9.50. The van der Waals surface area contributed by atoms with E-state index < -0.39 is 0 Å². The van der Waals surface area contributed by atoms with E-state index in [1.165, 1.54) is 70.6 Å². The molecular weight excluding hydrogens is 258 g/mol. The van der Waals surface area contributed by atoms with Gasteiger partial charge in [-0.05, 0) is 32.1 Å². The Kier molecular flexibility index (Phi) is 7.01. The molecule has 1 aliphatic carbocycles. The molecule has 124 valence electrons. The lowest BCUT2D eigenvalue weighted by atomic mass is 9.88. The summed E-state index contributed by atoms with van der Waals surface area (Å²) in [6.45, 7) is 7.96. The van der Waals surface area contributed by atoms with E-state index in [-0.39, 0.29) is 5.60 Å². The smallest absolute Gasteiger partial charge is 0.0785 e. The Morgan fingerprint density at radius 2 is 1.52 bits per heavy atom. The number of hydrogen-bond donors (Lipinski definition) is 1. The summed E-state index contributed by atoms with van der Waals surface area (Å²) in [7, 11) is 0. The summed E-state index contributed by atoms with van der Waals surface area (Å²) in [6, 6.07) is 0.602. The first-order chi connectivity index (χ1) is 10.1. The van der Waals surface area contributed by atoms with Gasteiger partial charge in [0.2, 0.25) is 0 Å².